The van der Waals surface area contributed by atoms with Gasteiger partial charge in [0.15, 0.2) is 0 Å². The monoisotopic (exact) mass is 561 g/mol. The van der Waals surface area contributed by atoms with Gasteiger partial charge in [0.2, 0.25) is 21.8 Å². The van der Waals surface area contributed by atoms with Crippen LogP contribution in [0.4, 0.5) is 5.69 Å². The van der Waals surface area contributed by atoms with E-state index in [0.717, 1.165) is 16.1 Å². The van der Waals surface area contributed by atoms with Crippen molar-refractivity contribution in [1.82, 2.24) is 10.2 Å². The lowest BCUT2D eigenvalue weighted by atomic mass is 10.1. The number of carbonyl (C=O) groups is 2. The topological polar surface area (TPSA) is 86.8 Å². The standard InChI is InChI=1S/C24H30Cl3N3O4S/c1-6-20(23(32)28-24(2,3)4)29(14-16-7-9-17(25)10-8-16)22(31)15-30(35(5,33)34)21-13-18(26)11-12-19(21)27/h7-13,20H,6,14-15H2,1-5H3,(H,28,32)/t20-/m1/s1. The molecular weight excluding hydrogens is 533 g/mol. The van der Waals surface area contributed by atoms with Crippen LogP contribution in [0.5, 0.6) is 0 Å². The summed E-state index contributed by atoms with van der Waals surface area (Å²) in [5.41, 5.74) is 0.289. The Morgan fingerprint density at radius 1 is 1.00 bits per heavy atom. The molecule has 0 aromatic heterocycles. The van der Waals surface area contributed by atoms with Crippen molar-refractivity contribution < 1.29 is 18.0 Å². The van der Waals surface area contributed by atoms with Gasteiger partial charge >= 0.3 is 0 Å². The molecule has 2 aromatic carbocycles. The average Bonchev–Trinajstić information content (AvgIpc) is 2.73. The predicted molar refractivity (Wildman–Crippen MR) is 143 cm³/mol. The summed E-state index contributed by atoms with van der Waals surface area (Å²) in [6.45, 7) is 6.83. The van der Waals surface area contributed by atoms with Gasteiger partial charge in [-0.2, -0.15) is 0 Å². The van der Waals surface area contributed by atoms with E-state index in [1.165, 1.54) is 23.1 Å². The average molecular weight is 563 g/mol. The Labute approximate surface area is 222 Å². The largest absolute Gasteiger partial charge is 0.350 e. The molecule has 0 spiro atoms. The lowest BCUT2D eigenvalue weighted by Crippen LogP contribution is -2.55. The zero-order valence-corrected chi connectivity index (χ0v) is 23.4. The molecule has 0 radical (unpaired) electrons. The van der Waals surface area contributed by atoms with Gasteiger partial charge in [0.25, 0.3) is 0 Å². The Bertz CT molecular complexity index is 1170. The van der Waals surface area contributed by atoms with Crippen molar-refractivity contribution in [1.29, 1.82) is 0 Å². The van der Waals surface area contributed by atoms with Gasteiger partial charge in [-0.1, -0.05) is 53.9 Å². The van der Waals surface area contributed by atoms with Gasteiger partial charge in [0, 0.05) is 22.1 Å². The highest BCUT2D eigenvalue weighted by molar-refractivity contribution is 7.92. The molecule has 7 nitrogen and oxygen atoms in total. The number of carbonyl (C=O) groups excluding carboxylic acids is 2. The molecule has 2 amide bonds. The molecule has 0 aliphatic carbocycles. The van der Waals surface area contributed by atoms with E-state index >= 15 is 0 Å². The minimum Gasteiger partial charge on any atom is -0.350 e. The first-order valence-electron chi connectivity index (χ1n) is 10.9. The van der Waals surface area contributed by atoms with E-state index in [4.69, 9.17) is 34.8 Å². The van der Waals surface area contributed by atoms with Crippen LogP contribution in [-0.2, 0) is 26.2 Å². The number of nitrogens with one attached hydrogen (secondary N) is 1. The fourth-order valence-corrected chi connectivity index (χ4v) is 4.85. The van der Waals surface area contributed by atoms with Gasteiger partial charge < -0.3 is 10.2 Å². The molecular formula is C24H30Cl3N3O4S. The molecule has 1 N–H and O–H groups in total. The van der Waals surface area contributed by atoms with Crippen LogP contribution < -0.4 is 9.62 Å². The molecule has 0 aliphatic rings. The van der Waals surface area contributed by atoms with Gasteiger partial charge in [-0.25, -0.2) is 8.42 Å². The van der Waals surface area contributed by atoms with Crippen molar-refractivity contribution in [3.8, 4) is 0 Å². The molecule has 1 atom stereocenters. The number of anilines is 1. The molecule has 0 saturated carbocycles. The zero-order valence-electron chi connectivity index (χ0n) is 20.3. The fraction of sp³-hybridized carbons (Fsp3) is 0.417. The van der Waals surface area contributed by atoms with Gasteiger partial charge in [-0.3, -0.25) is 13.9 Å². The van der Waals surface area contributed by atoms with E-state index in [-0.39, 0.29) is 28.2 Å². The highest BCUT2D eigenvalue weighted by Gasteiger charge is 2.33. The first-order chi connectivity index (χ1) is 16.1. The summed E-state index contributed by atoms with van der Waals surface area (Å²) < 4.78 is 26.2. The van der Waals surface area contributed by atoms with Gasteiger partial charge in [0.1, 0.15) is 12.6 Å². The molecule has 2 rings (SSSR count). The van der Waals surface area contributed by atoms with Crippen molar-refractivity contribution in [3.05, 3.63) is 63.1 Å². The second-order valence-corrected chi connectivity index (χ2v) is 12.4. The van der Waals surface area contributed by atoms with Crippen molar-refractivity contribution in [2.45, 2.75) is 52.2 Å². The third kappa shape index (κ3) is 8.56. The summed E-state index contributed by atoms with van der Waals surface area (Å²) in [5.74, 6) is -0.911. The number of benzene rings is 2. The Balaban J connectivity index is 2.49. The van der Waals surface area contributed by atoms with Crippen LogP contribution in [-0.4, -0.2) is 49.5 Å². The van der Waals surface area contributed by atoms with Crippen LogP contribution in [0.3, 0.4) is 0 Å². The smallest absolute Gasteiger partial charge is 0.244 e. The minimum absolute atomic E-state index is 0.0763. The quantitative estimate of drug-likeness (QED) is 0.459. The number of amides is 2. The van der Waals surface area contributed by atoms with Crippen LogP contribution in [0.2, 0.25) is 15.1 Å². The molecule has 0 bridgehead atoms. The van der Waals surface area contributed by atoms with Gasteiger partial charge in [-0.15, -0.1) is 0 Å². The second kappa shape index (κ2) is 11.8. The van der Waals surface area contributed by atoms with Crippen molar-refractivity contribution in [2.75, 3.05) is 17.1 Å². The van der Waals surface area contributed by atoms with E-state index in [2.05, 4.69) is 5.32 Å². The maximum atomic E-state index is 13.6. The summed E-state index contributed by atoms with van der Waals surface area (Å²) in [7, 11) is -3.92. The van der Waals surface area contributed by atoms with Crippen molar-refractivity contribution in [2.24, 2.45) is 0 Å². The van der Waals surface area contributed by atoms with E-state index in [1.807, 2.05) is 20.8 Å². The molecule has 192 valence electrons. The van der Waals surface area contributed by atoms with Crippen LogP contribution in [0.15, 0.2) is 42.5 Å². The Hall–Kier alpha value is -2.00. The molecule has 35 heavy (non-hydrogen) atoms. The minimum atomic E-state index is -3.92. The zero-order chi connectivity index (χ0) is 26.6. The lowest BCUT2D eigenvalue weighted by molar-refractivity contribution is -0.141. The Morgan fingerprint density at radius 3 is 2.09 bits per heavy atom. The summed E-state index contributed by atoms with van der Waals surface area (Å²) in [6, 6.07) is 10.4. The molecule has 2 aromatic rings. The summed E-state index contributed by atoms with van der Waals surface area (Å²) in [4.78, 5) is 28.2. The number of nitrogens with zero attached hydrogens (tertiary/aromatic N) is 2. The van der Waals surface area contributed by atoms with Crippen molar-refractivity contribution >= 4 is 62.3 Å². The highest BCUT2D eigenvalue weighted by Crippen LogP contribution is 2.31. The predicted octanol–water partition coefficient (Wildman–Crippen LogP) is 5.13. The fourth-order valence-electron chi connectivity index (χ4n) is 3.43. The maximum Gasteiger partial charge on any atom is 0.244 e. The van der Waals surface area contributed by atoms with Crippen LogP contribution >= 0.6 is 34.8 Å². The van der Waals surface area contributed by atoms with Gasteiger partial charge in [0.05, 0.1) is 17.0 Å². The summed E-state index contributed by atoms with van der Waals surface area (Å²) >= 11 is 18.3. The molecule has 0 saturated heterocycles. The van der Waals surface area contributed by atoms with Gasteiger partial charge in [-0.05, 0) is 63.1 Å². The van der Waals surface area contributed by atoms with Crippen molar-refractivity contribution in [3.63, 3.8) is 0 Å². The first-order valence-corrected chi connectivity index (χ1v) is 13.9. The lowest BCUT2D eigenvalue weighted by Gasteiger charge is -2.34. The number of halogens is 3. The third-order valence-corrected chi connectivity index (χ3v) is 6.94. The molecule has 11 heteroatoms. The molecule has 0 unspecified atom stereocenters. The third-order valence-electron chi connectivity index (χ3n) is 5.01. The maximum absolute atomic E-state index is 13.6. The highest BCUT2D eigenvalue weighted by atomic mass is 35.5. The number of hydrogen-bond donors (Lipinski definition) is 1. The SMILES string of the molecule is CC[C@H](C(=O)NC(C)(C)C)N(Cc1ccc(Cl)cc1)C(=O)CN(c1cc(Cl)ccc1Cl)S(C)(=O)=O. The van der Waals surface area contributed by atoms with E-state index < -0.39 is 34.1 Å². The number of sulfonamides is 1. The summed E-state index contributed by atoms with van der Waals surface area (Å²) in [6.07, 6.45) is 1.29. The van der Waals surface area contributed by atoms with E-state index in [9.17, 15) is 18.0 Å². The van der Waals surface area contributed by atoms with Crippen LogP contribution in [0.25, 0.3) is 0 Å². The second-order valence-electron chi connectivity index (χ2n) is 9.18. The number of hydrogen-bond acceptors (Lipinski definition) is 4. The first kappa shape index (κ1) is 29.2. The summed E-state index contributed by atoms with van der Waals surface area (Å²) in [5, 5.41) is 3.82. The Kier molecular flexibility index (Phi) is 9.87. The number of rotatable bonds is 9. The molecule has 0 heterocycles. The van der Waals surface area contributed by atoms with Crippen LogP contribution in [0, 0.1) is 0 Å². The molecule has 0 aliphatic heterocycles. The molecule has 0 fully saturated rings. The van der Waals surface area contributed by atoms with E-state index in [1.54, 1.807) is 31.2 Å². The normalized spacial score (nSPS) is 12.7. The van der Waals surface area contributed by atoms with E-state index in [0.29, 0.717) is 11.4 Å². The van der Waals surface area contributed by atoms with Crippen LogP contribution in [0.1, 0.15) is 39.7 Å². The Morgan fingerprint density at radius 2 is 1.57 bits per heavy atom.